The maximum atomic E-state index is 12.5. The van der Waals surface area contributed by atoms with Crippen LogP contribution >= 0.6 is 0 Å². The zero-order valence-electron chi connectivity index (χ0n) is 14.6. The topological polar surface area (TPSA) is 71.1 Å². The van der Waals surface area contributed by atoms with Gasteiger partial charge in [-0.1, -0.05) is 24.3 Å². The number of rotatable bonds is 4. The molecule has 0 aliphatic carbocycles. The molecule has 0 saturated heterocycles. The highest BCUT2D eigenvalue weighted by atomic mass is 16.2. The number of nitrogens with one attached hydrogen (secondary N) is 2. The Bertz CT molecular complexity index is 952. The number of aryl methyl sites for hydroxylation is 2. The number of amides is 2. The molecule has 5 nitrogen and oxygen atoms in total. The van der Waals surface area contributed by atoms with E-state index >= 15 is 0 Å². The fraction of sp³-hybridized carbons (Fsp3) is 0.0952. The molecular formula is C21H19N3O2. The zero-order valence-corrected chi connectivity index (χ0v) is 14.6. The lowest BCUT2D eigenvalue weighted by molar-refractivity contribution is 0.102. The van der Waals surface area contributed by atoms with Crippen LogP contribution in [-0.2, 0) is 0 Å². The number of pyridine rings is 1. The summed E-state index contributed by atoms with van der Waals surface area (Å²) in [7, 11) is 0. The Morgan fingerprint density at radius 1 is 0.769 bits per heavy atom. The van der Waals surface area contributed by atoms with Gasteiger partial charge in [0.05, 0.1) is 0 Å². The lowest BCUT2D eigenvalue weighted by Gasteiger charge is -2.09. The van der Waals surface area contributed by atoms with Gasteiger partial charge < -0.3 is 10.6 Å². The van der Waals surface area contributed by atoms with Crippen molar-refractivity contribution in [2.75, 3.05) is 10.6 Å². The molecule has 0 fully saturated rings. The van der Waals surface area contributed by atoms with Gasteiger partial charge in [0.25, 0.3) is 11.8 Å². The molecular weight excluding hydrogens is 326 g/mol. The standard InChI is InChI=1S/C21H19N3O2/c1-14-8-9-18(12-15(14)2)24-20(25)16-10-11-22-19(13-16)21(26)23-17-6-4-3-5-7-17/h3-13H,1-2H3,(H,23,26)(H,24,25). The van der Waals surface area contributed by atoms with Gasteiger partial charge in [-0.2, -0.15) is 0 Å². The van der Waals surface area contributed by atoms with Crippen molar-refractivity contribution < 1.29 is 9.59 Å². The fourth-order valence-electron chi connectivity index (χ4n) is 2.44. The Morgan fingerprint density at radius 2 is 1.50 bits per heavy atom. The second-order valence-electron chi connectivity index (χ2n) is 6.00. The molecule has 2 amide bonds. The van der Waals surface area contributed by atoms with Crippen LogP contribution in [0.1, 0.15) is 32.0 Å². The summed E-state index contributed by atoms with van der Waals surface area (Å²) in [6.45, 7) is 4.00. The van der Waals surface area contributed by atoms with Crippen molar-refractivity contribution >= 4 is 23.2 Å². The summed E-state index contributed by atoms with van der Waals surface area (Å²) in [6.07, 6.45) is 1.45. The molecule has 0 unspecified atom stereocenters. The van der Waals surface area contributed by atoms with Crippen molar-refractivity contribution in [1.82, 2.24) is 4.98 Å². The first-order valence-electron chi connectivity index (χ1n) is 8.24. The summed E-state index contributed by atoms with van der Waals surface area (Å²) in [4.78, 5) is 28.9. The molecule has 0 spiro atoms. The van der Waals surface area contributed by atoms with E-state index in [1.165, 1.54) is 12.3 Å². The van der Waals surface area contributed by atoms with E-state index in [1.807, 2.05) is 50.2 Å². The van der Waals surface area contributed by atoms with Gasteiger partial charge in [0.1, 0.15) is 5.69 Å². The van der Waals surface area contributed by atoms with Gasteiger partial charge >= 0.3 is 0 Å². The van der Waals surface area contributed by atoms with Crippen LogP contribution in [-0.4, -0.2) is 16.8 Å². The van der Waals surface area contributed by atoms with Gasteiger partial charge in [-0.25, -0.2) is 0 Å². The second-order valence-corrected chi connectivity index (χ2v) is 6.00. The lowest BCUT2D eigenvalue weighted by Crippen LogP contribution is -2.17. The van der Waals surface area contributed by atoms with Crippen LogP contribution in [0.3, 0.4) is 0 Å². The molecule has 0 aliphatic rings. The lowest BCUT2D eigenvalue weighted by atomic mass is 10.1. The third kappa shape index (κ3) is 4.13. The van der Waals surface area contributed by atoms with E-state index in [0.717, 1.165) is 11.1 Å². The van der Waals surface area contributed by atoms with E-state index in [0.29, 0.717) is 16.9 Å². The minimum Gasteiger partial charge on any atom is -0.322 e. The van der Waals surface area contributed by atoms with Crippen LogP contribution in [0, 0.1) is 13.8 Å². The molecule has 130 valence electrons. The second kappa shape index (κ2) is 7.61. The number of hydrogen-bond acceptors (Lipinski definition) is 3. The summed E-state index contributed by atoms with van der Waals surface area (Å²) >= 11 is 0. The Labute approximate surface area is 152 Å². The van der Waals surface area contributed by atoms with Crippen molar-refractivity contribution in [3.8, 4) is 0 Å². The van der Waals surface area contributed by atoms with Gasteiger partial charge in [-0.05, 0) is 61.4 Å². The summed E-state index contributed by atoms with van der Waals surface area (Å²) in [5.74, 6) is -0.651. The summed E-state index contributed by atoms with van der Waals surface area (Å²) in [5, 5.41) is 5.60. The third-order valence-electron chi connectivity index (χ3n) is 4.05. The van der Waals surface area contributed by atoms with E-state index in [4.69, 9.17) is 0 Å². The zero-order chi connectivity index (χ0) is 18.5. The number of hydrogen-bond donors (Lipinski definition) is 2. The molecule has 26 heavy (non-hydrogen) atoms. The quantitative estimate of drug-likeness (QED) is 0.744. The summed E-state index contributed by atoms with van der Waals surface area (Å²) in [6, 6.07) is 17.9. The van der Waals surface area contributed by atoms with Crippen molar-refractivity contribution in [2.45, 2.75) is 13.8 Å². The SMILES string of the molecule is Cc1ccc(NC(=O)c2ccnc(C(=O)Nc3ccccc3)c2)cc1C. The number of aromatic nitrogens is 1. The monoisotopic (exact) mass is 345 g/mol. The van der Waals surface area contributed by atoms with Gasteiger partial charge in [0, 0.05) is 23.1 Å². The first kappa shape index (κ1) is 17.4. The maximum Gasteiger partial charge on any atom is 0.274 e. The number of carbonyl (C=O) groups is 2. The van der Waals surface area contributed by atoms with Crippen LogP contribution in [0.25, 0.3) is 0 Å². The van der Waals surface area contributed by atoms with Gasteiger partial charge in [0.2, 0.25) is 0 Å². The molecule has 3 rings (SSSR count). The average molecular weight is 345 g/mol. The van der Waals surface area contributed by atoms with Gasteiger partial charge in [-0.3, -0.25) is 14.6 Å². The molecule has 5 heteroatoms. The minimum absolute atomic E-state index is 0.182. The molecule has 2 N–H and O–H groups in total. The summed E-state index contributed by atoms with van der Waals surface area (Å²) in [5.41, 5.74) is 4.19. The van der Waals surface area contributed by atoms with Crippen LogP contribution in [0.15, 0.2) is 66.9 Å². The van der Waals surface area contributed by atoms with Crippen LogP contribution < -0.4 is 10.6 Å². The first-order chi connectivity index (χ1) is 12.5. The molecule has 0 aliphatic heterocycles. The van der Waals surface area contributed by atoms with E-state index in [9.17, 15) is 9.59 Å². The molecule has 1 aromatic heterocycles. The molecule has 0 radical (unpaired) electrons. The minimum atomic E-state index is -0.364. The highest BCUT2D eigenvalue weighted by Crippen LogP contribution is 2.16. The number of carbonyl (C=O) groups excluding carboxylic acids is 2. The Morgan fingerprint density at radius 3 is 2.23 bits per heavy atom. The maximum absolute atomic E-state index is 12.5. The fourth-order valence-corrected chi connectivity index (χ4v) is 2.44. The van der Waals surface area contributed by atoms with Crippen molar-refractivity contribution in [3.63, 3.8) is 0 Å². The predicted molar refractivity (Wildman–Crippen MR) is 103 cm³/mol. The Balaban J connectivity index is 1.74. The molecule has 3 aromatic rings. The van der Waals surface area contributed by atoms with Gasteiger partial charge in [0.15, 0.2) is 0 Å². The van der Waals surface area contributed by atoms with E-state index in [2.05, 4.69) is 15.6 Å². The predicted octanol–water partition coefficient (Wildman–Crippen LogP) is 4.20. The molecule has 0 bridgehead atoms. The molecule has 0 atom stereocenters. The number of nitrogens with zero attached hydrogens (tertiary/aromatic N) is 1. The smallest absolute Gasteiger partial charge is 0.274 e. The molecule has 2 aromatic carbocycles. The van der Waals surface area contributed by atoms with Crippen molar-refractivity contribution in [1.29, 1.82) is 0 Å². The molecule has 1 heterocycles. The Hall–Kier alpha value is -3.47. The molecule has 0 saturated carbocycles. The third-order valence-corrected chi connectivity index (χ3v) is 4.05. The van der Waals surface area contributed by atoms with Crippen molar-refractivity contribution in [2.24, 2.45) is 0 Å². The van der Waals surface area contributed by atoms with Crippen molar-refractivity contribution in [3.05, 3.63) is 89.2 Å². The van der Waals surface area contributed by atoms with E-state index < -0.39 is 0 Å². The summed E-state index contributed by atoms with van der Waals surface area (Å²) < 4.78 is 0. The highest BCUT2D eigenvalue weighted by molar-refractivity contribution is 6.07. The van der Waals surface area contributed by atoms with E-state index in [1.54, 1.807) is 18.2 Å². The average Bonchev–Trinajstić information content (AvgIpc) is 2.65. The number of benzene rings is 2. The van der Waals surface area contributed by atoms with Crippen LogP contribution in [0.5, 0.6) is 0 Å². The van der Waals surface area contributed by atoms with Gasteiger partial charge in [-0.15, -0.1) is 0 Å². The number of anilines is 2. The normalized spacial score (nSPS) is 10.2. The Kier molecular flexibility index (Phi) is 5.08. The largest absolute Gasteiger partial charge is 0.322 e. The number of para-hydroxylation sites is 1. The van der Waals surface area contributed by atoms with Crippen LogP contribution in [0.4, 0.5) is 11.4 Å². The van der Waals surface area contributed by atoms with Crippen LogP contribution in [0.2, 0.25) is 0 Å². The first-order valence-corrected chi connectivity index (χ1v) is 8.24. The highest BCUT2D eigenvalue weighted by Gasteiger charge is 2.12. The van der Waals surface area contributed by atoms with E-state index in [-0.39, 0.29) is 17.5 Å².